The van der Waals surface area contributed by atoms with Gasteiger partial charge in [-0.1, -0.05) is 36.2 Å². The van der Waals surface area contributed by atoms with Gasteiger partial charge in [0.15, 0.2) is 6.10 Å². The molecule has 0 aromatic heterocycles. The Balaban J connectivity index is 1.98. The van der Waals surface area contributed by atoms with Crippen LogP contribution in [0.1, 0.15) is 43.2 Å². The highest BCUT2D eigenvalue weighted by Crippen LogP contribution is 2.47. The molecule has 1 aliphatic carbocycles. The molecule has 3 unspecified atom stereocenters. The van der Waals surface area contributed by atoms with Gasteiger partial charge in [-0.15, -0.1) is 0 Å². The molecule has 0 spiro atoms. The van der Waals surface area contributed by atoms with Crippen LogP contribution in [0.3, 0.4) is 0 Å². The van der Waals surface area contributed by atoms with E-state index in [0.29, 0.717) is 29.5 Å². The van der Waals surface area contributed by atoms with Crippen LogP contribution in [0.2, 0.25) is 10.0 Å². The fourth-order valence-electron chi connectivity index (χ4n) is 3.42. The first-order valence-electron chi connectivity index (χ1n) is 7.28. The number of carboxylic acids is 1. The lowest BCUT2D eigenvalue weighted by molar-refractivity contribution is -0.144. The predicted octanol–water partition coefficient (Wildman–Crippen LogP) is 3.85. The summed E-state index contributed by atoms with van der Waals surface area (Å²) in [5.74, 6) is -0.0756. The number of hydrogen-bond donors (Lipinski definition) is 1. The fourth-order valence-corrected chi connectivity index (χ4v) is 3.99. The zero-order valence-corrected chi connectivity index (χ0v) is 13.6. The molecular weight excluding hydrogens is 327 g/mol. The number of carbonyl (C=O) groups excluding carboxylic acids is 1. The summed E-state index contributed by atoms with van der Waals surface area (Å²) in [6, 6.07) is 1.86. The maximum absolute atomic E-state index is 11.9. The maximum atomic E-state index is 11.9. The summed E-state index contributed by atoms with van der Waals surface area (Å²) in [7, 11) is 0. The number of carboxylic acid groups (broad SMARTS) is 1. The summed E-state index contributed by atoms with van der Waals surface area (Å²) < 4.78 is 5.38. The second kappa shape index (κ2) is 5.74. The average molecular weight is 343 g/mol. The van der Waals surface area contributed by atoms with Gasteiger partial charge in [0.05, 0.1) is 5.02 Å². The Hall–Kier alpha value is -1.26. The minimum atomic E-state index is -1.02. The van der Waals surface area contributed by atoms with Crippen LogP contribution in [0.15, 0.2) is 6.07 Å². The highest BCUT2D eigenvalue weighted by molar-refractivity contribution is 6.43. The molecule has 1 aliphatic heterocycles. The van der Waals surface area contributed by atoms with Crippen LogP contribution in [-0.4, -0.2) is 23.0 Å². The topological polar surface area (TPSA) is 63.6 Å². The molecule has 6 heteroatoms. The van der Waals surface area contributed by atoms with Crippen molar-refractivity contribution in [2.24, 2.45) is 5.92 Å². The van der Waals surface area contributed by atoms with Crippen molar-refractivity contribution in [2.45, 2.75) is 44.6 Å². The van der Waals surface area contributed by atoms with Gasteiger partial charge in [-0.3, -0.25) is 4.79 Å². The molecule has 1 saturated carbocycles. The quantitative estimate of drug-likeness (QED) is 0.886. The van der Waals surface area contributed by atoms with Gasteiger partial charge in [-0.05, 0) is 23.8 Å². The van der Waals surface area contributed by atoms with Crippen molar-refractivity contribution in [3.05, 3.63) is 27.2 Å². The van der Waals surface area contributed by atoms with Gasteiger partial charge in [0, 0.05) is 24.8 Å². The van der Waals surface area contributed by atoms with Gasteiger partial charge < -0.3 is 9.84 Å². The van der Waals surface area contributed by atoms with Crippen molar-refractivity contribution >= 4 is 35.0 Å². The van der Waals surface area contributed by atoms with Gasteiger partial charge >= 0.3 is 5.97 Å². The van der Waals surface area contributed by atoms with Crippen LogP contribution in [0.25, 0.3) is 0 Å². The number of carbonyl (C=O) groups is 2. The van der Waals surface area contributed by atoms with Gasteiger partial charge in [0.2, 0.25) is 0 Å². The number of benzene rings is 1. The molecule has 1 N–H and O–H groups in total. The summed E-state index contributed by atoms with van der Waals surface area (Å²) >= 11 is 12.6. The Kier molecular flexibility index (Phi) is 4.08. The Morgan fingerprint density at radius 1 is 1.27 bits per heavy atom. The molecule has 1 heterocycles. The first-order valence-corrected chi connectivity index (χ1v) is 8.04. The van der Waals surface area contributed by atoms with Crippen LogP contribution in [-0.2, 0) is 16.0 Å². The summed E-state index contributed by atoms with van der Waals surface area (Å²) in [6.45, 7) is 2.05. The molecule has 118 valence electrons. The zero-order valence-electron chi connectivity index (χ0n) is 12.1. The first kappa shape index (κ1) is 15.6. The third-order valence-corrected chi connectivity index (χ3v) is 5.25. The van der Waals surface area contributed by atoms with Crippen molar-refractivity contribution in [2.75, 3.05) is 0 Å². The van der Waals surface area contributed by atoms with E-state index >= 15 is 0 Å². The Morgan fingerprint density at radius 3 is 2.64 bits per heavy atom. The van der Waals surface area contributed by atoms with Crippen molar-refractivity contribution in [3.8, 4) is 5.75 Å². The van der Waals surface area contributed by atoms with Crippen molar-refractivity contribution < 1.29 is 19.4 Å². The van der Waals surface area contributed by atoms with E-state index < -0.39 is 12.1 Å². The molecule has 0 bridgehead atoms. The first-order chi connectivity index (χ1) is 10.4. The minimum absolute atomic E-state index is 0.0374. The highest BCUT2D eigenvalue weighted by atomic mass is 35.5. The summed E-state index contributed by atoms with van der Waals surface area (Å²) in [4.78, 5) is 22.9. The van der Waals surface area contributed by atoms with Crippen LogP contribution in [0, 0.1) is 5.92 Å². The van der Waals surface area contributed by atoms with E-state index in [2.05, 4.69) is 6.92 Å². The van der Waals surface area contributed by atoms with E-state index in [4.69, 9.17) is 33.0 Å². The van der Waals surface area contributed by atoms with E-state index in [9.17, 15) is 9.59 Å². The molecule has 3 rings (SSSR count). The van der Waals surface area contributed by atoms with Crippen molar-refractivity contribution in [1.82, 2.24) is 0 Å². The van der Waals surface area contributed by atoms with Crippen LogP contribution < -0.4 is 4.74 Å². The lowest BCUT2D eigenvalue weighted by atomic mass is 9.77. The number of halogens is 2. The van der Waals surface area contributed by atoms with Crippen molar-refractivity contribution in [1.29, 1.82) is 0 Å². The number of Topliss-reactive ketones (excluding diaryl/α,β-unsaturated/α-hetero) is 1. The molecule has 0 amide bonds. The van der Waals surface area contributed by atoms with Gasteiger partial charge in [-0.25, -0.2) is 4.79 Å². The third kappa shape index (κ3) is 2.70. The number of ether oxygens (including phenoxy) is 1. The Morgan fingerprint density at radius 2 is 2.00 bits per heavy atom. The highest BCUT2D eigenvalue weighted by Gasteiger charge is 2.35. The second-order valence-corrected chi connectivity index (χ2v) is 6.97. The molecule has 0 saturated heterocycles. The molecule has 0 radical (unpaired) electrons. The van der Waals surface area contributed by atoms with Crippen LogP contribution in [0.4, 0.5) is 0 Å². The van der Waals surface area contributed by atoms with Gasteiger partial charge in [0.25, 0.3) is 0 Å². The monoisotopic (exact) mass is 342 g/mol. The van der Waals surface area contributed by atoms with Crippen molar-refractivity contribution in [3.63, 3.8) is 0 Å². The number of ketones is 1. The molecule has 3 atom stereocenters. The smallest absolute Gasteiger partial charge is 0.345 e. The number of hydrogen-bond acceptors (Lipinski definition) is 3. The molecule has 4 nitrogen and oxygen atoms in total. The van der Waals surface area contributed by atoms with E-state index in [0.717, 1.165) is 17.5 Å². The lowest BCUT2D eigenvalue weighted by Crippen LogP contribution is -2.24. The third-order valence-electron chi connectivity index (χ3n) is 4.38. The zero-order chi connectivity index (χ0) is 16.0. The minimum Gasteiger partial charge on any atom is -0.478 e. The lowest BCUT2D eigenvalue weighted by Gasteiger charge is -2.27. The summed E-state index contributed by atoms with van der Waals surface area (Å²) in [5, 5.41) is 9.71. The van der Waals surface area contributed by atoms with Gasteiger partial charge in [-0.2, -0.15) is 0 Å². The van der Waals surface area contributed by atoms with Crippen LogP contribution in [0.5, 0.6) is 5.75 Å². The standard InChI is InChI=1S/C16H16Cl2O4/c1-7-2-8(4-10(19)3-7)11-5-9-6-12(16(20)21)22-15(9)14(18)13(11)17/h5,7-8,12H,2-4,6H2,1H3,(H,20,21). The number of aliphatic carboxylic acids is 1. The fraction of sp³-hybridized carbons (Fsp3) is 0.500. The Labute approximate surface area is 138 Å². The van der Waals surface area contributed by atoms with E-state index in [1.54, 1.807) is 0 Å². The second-order valence-electron chi connectivity index (χ2n) is 6.22. The molecule has 1 aromatic rings. The molecule has 2 aliphatic rings. The Bertz CT molecular complexity index is 656. The predicted molar refractivity (Wildman–Crippen MR) is 83.0 cm³/mol. The molecular formula is C16H16Cl2O4. The van der Waals surface area contributed by atoms with Crippen LogP contribution >= 0.6 is 23.2 Å². The largest absolute Gasteiger partial charge is 0.478 e. The summed E-state index contributed by atoms with van der Waals surface area (Å²) in [6.07, 6.45) is 1.29. The number of fused-ring (bicyclic) bond motifs is 1. The van der Waals surface area contributed by atoms with E-state index in [-0.39, 0.29) is 23.1 Å². The summed E-state index contributed by atoms with van der Waals surface area (Å²) in [5.41, 5.74) is 1.59. The average Bonchev–Trinajstić information content (AvgIpc) is 2.86. The van der Waals surface area contributed by atoms with E-state index in [1.807, 2.05) is 6.07 Å². The molecule has 1 fully saturated rings. The molecule has 22 heavy (non-hydrogen) atoms. The maximum Gasteiger partial charge on any atom is 0.345 e. The van der Waals surface area contributed by atoms with Gasteiger partial charge in [0.1, 0.15) is 16.6 Å². The van der Waals surface area contributed by atoms with E-state index in [1.165, 1.54) is 0 Å². The molecule has 1 aromatic carbocycles. The SMILES string of the molecule is CC1CC(=O)CC(c2cc3c(c(Cl)c2Cl)OC(C(=O)O)C3)C1. The number of rotatable bonds is 2. The normalized spacial score (nSPS) is 27.4.